The van der Waals surface area contributed by atoms with E-state index in [1.165, 1.54) is 0 Å². The summed E-state index contributed by atoms with van der Waals surface area (Å²) in [6.45, 7) is 1.89. The number of benzene rings is 2. The number of methoxy groups -OCH3 is 1. The van der Waals surface area contributed by atoms with Crippen molar-refractivity contribution in [2.24, 2.45) is 0 Å². The zero-order chi connectivity index (χ0) is 24.4. The molecule has 1 aliphatic carbocycles. The van der Waals surface area contributed by atoms with E-state index in [-0.39, 0.29) is 17.6 Å². The van der Waals surface area contributed by atoms with Gasteiger partial charge in [0.1, 0.15) is 11.6 Å². The van der Waals surface area contributed by atoms with E-state index in [2.05, 4.69) is 27.8 Å². The Kier molecular flexibility index (Phi) is 6.19. The van der Waals surface area contributed by atoms with Gasteiger partial charge >= 0.3 is 0 Å². The summed E-state index contributed by atoms with van der Waals surface area (Å²) in [4.78, 5) is 31.5. The van der Waals surface area contributed by atoms with Crippen molar-refractivity contribution in [3.05, 3.63) is 113 Å². The van der Waals surface area contributed by atoms with Crippen LogP contribution in [0.4, 0.5) is 5.82 Å². The smallest absolute Gasteiger partial charge is 0.255 e. The molecule has 176 valence electrons. The first kappa shape index (κ1) is 22.6. The molecule has 2 aromatic carbocycles. The lowest BCUT2D eigenvalue weighted by Crippen LogP contribution is -2.37. The molecule has 0 radical (unpaired) electrons. The van der Waals surface area contributed by atoms with Crippen molar-refractivity contribution in [1.29, 1.82) is 0 Å². The van der Waals surface area contributed by atoms with Crippen LogP contribution in [0.1, 0.15) is 42.7 Å². The predicted molar refractivity (Wildman–Crippen MR) is 135 cm³/mol. The molecule has 1 aromatic heterocycles. The van der Waals surface area contributed by atoms with Gasteiger partial charge in [-0.25, -0.2) is 4.98 Å². The van der Waals surface area contributed by atoms with Crippen LogP contribution in [0.15, 0.2) is 102 Å². The third-order valence-corrected chi connectivity index (χ3v) is 6.68. The Balaban J connectivity index is 1.58. The number of dihydropyridines is 1. The van der Waals surface area contributed by atoms with E-state index in [1.54, 1.807) is 25.4 Å². The van der Waals surface area contributed by atoms with Gasteiger partial charge in [-0.15, -0.1) is 0 Å². The number of anilines is 1. The minimum absolute atomic E-state index is 0.0519. The van der Waals surface area contributed by atoms with Crippen molar-refractivity contribution in [1.82, 2.24) is 10.3 Å². The van der Waals surface area contributed by atoms with Crippen molar-refractivity contribution in [2.75, 3.05) is 12.4 Å². The predicted octanol–water partition coefficient (Wildman–Crippen LogP) is 5.09. The van der Waals surface area contributed by atoms with E-state index in [0.717, 1.165) is 22.5 Å². The van der Waals surface area contributed by atoms with Crippen LogP contribution in [0.25, 0.3) is 0 Å². The number of amides is 1. The number of hydrogen-bond acceptors (Lipinski definition) is 5. The molecule has 35 heavy (non-hydrogen) atoms. The zero-order valence-corrected chi connectivity index (χ0v) is 19.7. The van der Waals surface area contributed by atoms with Crippen molar-refractivity contribution in [3.8, 4) is 5.75 Å². The lowest BCUT2D eigenvalue weighted by Gasteiger charge is -2.37. The van der Waals surface area contributed by atoms with Gasteiger partial charge in [0, 0.05) is 41.1 Å². The molecule has 2 aliphatic rings. The van der Waals surface area contributed by atoms with Gasteiger partial charge in [0.05, 0.1) is 7.11 Å². The van der Waals surface area contributed by atoms with Crippen LogP contribution < -0.4 is 15.4 Å². The Hall–Kier alpha value is -4.19. The van der Waals surface area contributed by atoms with Gasteiger partial charge in [0.2, 0.25) is 0 Å². The number of carbonyl (C=O) groups is 2. The molecule has 5 rings (SSSR count). The Morgan fingerprint density at radius 2 is 1.77 bits per heavy atom. The molecule has 0 fully saturated rings. The fourth-order valence-corrected chi connectivity index (χ4v) is 5.08. The second kappa shape index (κ2) is 9.58. The third-order valence-electron chi connectivity index (χ3n) is 6.68. The molecule has 0 unspecified atom stereocenters. The van der Waals surface area contributed by atoms with Gasteiger partial charge in [-0.05, 0) is 54.7 Å². The van der Waals surface area contributed by atoms with Crippen LogP contribution in [0.3, 0.4) is 0 Å². The quantitative estimate of drug-likeness (QED) is 0.549. The maximum absolute atomic E-state index is 13.7. The number of rotatable bonds is 5. The number of Topliss-reactive ketones (excluding diaryl/α,β-unsaturated/α-hetero) is 1. The number of ketones is 1. The molecule has 0 saturated carbocycles. The van der Waals surface area contributed by atoms with Gasteiger partial charge in [-0.3, -0.25) is 9.59 Å². The molecule has 6 nitrogen and oxygen atoms in total. The molecule has 0 saturated heterocycles. The van der Waals surface area contributed by atoms with E-state index in [0.29, 0.717) is 35.6 Å². The second-order valence-corrected chi connectivity index (χ2v) is 8.87. The Morgan fingerprint density at radius 1 is 1.00 bits per heavy atom. The van der Waals surface area contributed by atoms with Crippen molar-refractivity contribution < 1.29 is 14.3 Å². The van der Waals surface area contributed by atoms with Gasteiger partial charge in [0.15, 0.2) is 5.78 Å². The summed E-state index contributed by atoms with van der Waals surface area (Å²) in [5.41, 5.74) is 4.76. The topological polar surface area (TPSA) is 80.3 Å². The first-order valence-electron chi connectivity index (χ1n) is 11.7. The first-order chi connectivity index (χ1) is 17.0. The zero-order valence-electron chi connectivity index (χ0n) is 19.7. The summed E-state index contributed by atoms with van der Waals surface area (Å²) in [6.07, 6.45) is 2.74. The monoisotopic (exact) mass is 465 g/mol. The largest absolute Gasteiger partial charge is 0.497 e. The van der Waals surface area contributed by atoms with Crippen LogP contribution in [0.2, 0.25) is 0 Å². The summed E-state index contributed by atoms with van der Waals surface area (Å²) in [7, 11) is 1.61. The summed E-state index contributed by atoms with van der Waals surface area (Å²) in [5.74, 6) is 0.492. The number of nitrogens with zero attached hydrogens (tertiary/aromatic N) is 1. The van der Waals surface area contributed by atoms with E-state index in [9.17, 15) is 9.59 Å². The minimum Gasteiger partial charge on any atom is -0.497 e. The lowest BCUT2D eigenvalue weighted by atomic mass is 9.71. The number of carbonyl (C=O) groups excluding carboxylic acids is 2. The SMILES string of the molecule is COc1cccc([C@H]2C(C(=O)Nc3ccccn3)=C(C)NC3=C2C(=O)C[C@H](c2ccccc2)C3)c1. The van der Waals surface area contributed by atoms with Crippen molar-refractivity contribution in [2.45, 2.75) is 31.6 Å². The highest BCUT2D eigenvalue weighted by Crippen LogP contribution is 2.46. The summed E-state index contributed by atoms with van der Waals surface area (Å²) in [5, 5.41) is 6.32. The Morgan fingerprint density at radius 3 is 2.51 bits per heavy atom. The highest BCUT2D eigenvalue weighted by Gasteiger charge is 2.41. The minimum atomic E-state index is -0.505. The number of nitrogens with one attached hydrogen (secondary N) is 2. The fourth-order valence-electron chi connectivity index (χ4n) is 5.08. The van der Waals surface area contributed by atoms with Crippen LogP contribution in [-0.4, -0.2) is 23.8 Å². The fraction of sp³-hybridized carbons (Fsp3) is 0.207. The Labute approximate surface area is 204 Å². The standard InChI is InChI=1S/C29H27N3O3/c1-18-26(29(34)32-25-13-6-7-14-30-25)27(20-11-8-12-22(15-20)35-2)28-23(31-18)16-21(17-24(28)33)19-9-4-3-5-10-19/h3-15,21,27,31H,16-17H2,1-2H3,(H,30,32,34)/t21-,27+/m1/s1. The van der Waals surface area contributed by atoms with Crippen LogP contribution in [-0.2, 0) is 9.59 Å². The number of aromatic nitrogens is 1. The molecule has 0 bridgehead atoms. The van der Waals surface area contributed by atoms with E-state index in [4.69, 9.17) is 4.74 Å². The van der Waals surface area contributed by atoms with Crippen LogP contribution >= 0.6 is 0 Å². The maximum Gasteiger partial charge on any atom is 0.255 e. The van der Waals surface area contributed by atoms with E-state index >= 15 is 0 Å². The van der Waals surface area contributed by atoms with E-state index < -0.39 is 5.92 Å². The molecular formula is C29H27N3O3. The molecule has 2 N–H and O–H groups in total. The highest BCUT2D eigenvalue weighted by molar-refractivity contribution is 6.09. The van der Waals surface area contributed by atoms with Gasteiger partial charge in [-0.1, -0.05) is 48.5 Å². The normalized spacial score (nSPS) is 19.7. The van der Waals surface area contributed by atoms with Gasteiger partial charge in [0.25, 0.3) is 5.91 Å². The molecule has 0 spiro atoms. The van der Waals surface area contributed by atoms with Crippen LogP contribution in [0.5, 0.6) is 5.75 Å². The molecule has 1 amide bonds. The molecular weight excluding hydrogens is 438 g/mol. The molecule has 3 aromatic rings. The number of pyridine rings is 1. The number of ether oxygens (including phenoxy) is 1. The average Bonchev–Trinajstić information content (AvgIpc) is 2.88. The van der Waals surface area contributed by atoms with Crippen molar-refractivity contribution in [3.63, 3.8) is 0 Å². The third kappa shape index (κ3) is 4.47. The van der Waals surface area contributed by atoms with Crippen molar-refractivity contribution >= 4 is 17.5 Å². The van der Waals surface area contributed by atoms with Gasteiger partial charge in [-0.2, -0.15) is 0 Å². The Bertz CT molecular complexity index is 1330. The molecule has 2 heterocycles. The first-order valence-corrected chi connectivity index (χ1v) is 11.7. The number of allylic oxidation sites excluding steroid dienone is 3. The summed E-state index contributed by atoms with van der Waals surface area (Å²) >= 11 is 0. The summed E-state index contributed by atoms with van der Waals surface area (Å²) in [6, 6.07) is 23.1. The lowest BCUT2D eigenvalue weighted by molar-refractivity contribution is -0.116. The maximum atomic E-state index is 13.7. The van der Waals surface area contributed by atoms with Gasteiger partial charge < -0.3 is 15.4 Å². The average molecular weight is 466 g/mol. The molecule has 2 atom stereocenters. The highest BCUT2D eigenvalue weighted by atomic mass is 16.5. The van der Waals surface area contributed by atoms with Crippen LogP contribution in [0, 0.1) is 0 Å². The molecule has 6 heteroatoms. The summed E-state index contributed by atoms with van der Waals surface area (Å²) < 4.78 is 5.46. The second-order valence-electron chi connectivity index (χ2n) is 8.87. The number of hydrogen-bond donors (Lipinski definition) is 2. The molecule has 1 aliphatic heterocycles. The van der Waals surface area contributed by atoms with E-state index in [1.807, 2.05) is 55.5 Å².